The van der Waals surface area contributed by atoms with Crippen molar-refractivity contribution in [2.75, 3.05) is 18.4 Å². The zero-order chi connectivity index (χ0) is 24.3. The second kappa shape index (κ2) is 10.0. The Hall–Kier alpha value is -2.76. The summed E-state index contributed by atoms with van der Waals surface area (Å²) in [6.07, 6.45) is 0.0991. The van der Waals surface area contributed by atoms with Crippen molar-refractivity contribution in [2.24, 2.45) is 0 Å². The molecule has 0 spiro atoms. The quantitative estimate of drug-likeness (QED) is 0.607. The number of benzene rings is 1. The molecule has 1 N–H and O–H groups in total. The summed E-state index contributed by atoms with van der Waals surface area (Å²) in [7, 11) is -3.72. The maximum Gasteiger partial charge on any atom is 0.338 e. The minimum absolute atomic E-state index is 0.0480. The van der Waals surface area contributed by atoms with Crippen molar-refractivity contribution in [1.82, 2.24) is 14.1 Å². The van der Waals surface area contributed by atoms with E-state index in [-0.39, 0.29) is 41.8 Å². The first-order chi connectivity index (χ1) is 15.5. The van der Waals surface area contributed by atoms with Crippen molar-refractivity contribution >= 4 is 27.7 Å². The number of ether oxygens (including phenoxy) is 2. The van der Waals surface area contributed by atoms with E-state index in [0.29, 0.717) is 5.82 Å². The first-order valence-electron chi connectivity index (χ1n) is 10.8. The third-order valence-electron chi connectivity index (χ3n) is 5.18. The number of aromatic nitrogens is 2. The maximum atomic E-state index is 12.9. The standard InChI is InChI=1S/C22H30N4O6S/c1-14(2)26-20(10-11-23-26)24-21(27)17(5)32-22(28)18-6-8-19(9-7-18)33(29,30)25-12-15(3)31-16(4)13-25/h6-11,14-17H,12-13H2,1-5H3,(H,24,27)/t15-,16+,17-/m0/s1. The molecule has 33 heavy (non-hydrogen) atoms. The Morgan fingerprint density at radius 2 is 1.70 bits per heavy atom. The van der Waals surface area contributed by atoms with Crippen LogP contribution < -0.4 is 5.32 Å². The number of hydrogen-bond acceptors (Lipinski definition) is 7. The fourth-order valence-corrected chi connectivity index (χ4v) is 5.16. The number of nitrogens with zero attached hydrogens (tertiary/aromatic N) is 3. The first-order valence-corrected chi connectivity index (χ1v) is 12.2. The van der Waals surface area contributed by atoms with Gasteiger partial charge in [-0.2, -0.15) is 9.40 Å². The molecular formula is C22H30N4O6S. The minimum Gasteiger partial charge on any atom is -0.449 e. The Labute approximate surface area is 193 Å². The number of rotatable bonds is 7. The van der Waals surface area contributed by atoms with Gasteiger partial charge in [-0.05, 0) is 58.9 Å². The molecule has 180 valence electrons. The van der Waals surface area contributed by atoms with E-state index < -0.39 is 28.0 Å². The molecule has 0 saturated carbocycles. The van der Waals surface area contributed by atoms with Crippen LogP contribution in [-0.2, 0) is 24.3 Å². The van der Waals surface area contributed by atoms with E-state index >= 15 is 0 Å². The van der Waals surface area contributed by atoms with E-state index in [1.165, 1.54) is 35.5 Å². The molecule has 1 amide bonds. The monoisotopic (exact) mass is 478 g/mol. The summed E-state index contributed by atoms with van der Waals surface area (Å²) in [4.78, 5) is 25.0. The first kappa shape index (κ1) is 24.9. The third kappa shape index (κ3) is 5.79. The number of amides is 1. The Kier molecular flexibility index (Phi) is 7.55. The molecule has 1 aliphatic heterocycles. The molecule has 2 aromatic rings. The molecule has 3 rings (SSSR count). The highest BCUT2D eigenvalue weighted by molar-refractivity contribution is 7.89. The van der Waals surface area contributed by atoms with Crippen molar-refractivity contribution in [1.29, 1.82) is 0 Å². The summed E-state index contributed by atoms with van der Waals surface area (Å²) >= 11 is 0. The summed E-state index contributed by atoms with van der Waals surface area (Å²) in [6, 6.07) is 7.18. The van der Waals surface area contributed by atoms with Gasteiger partial charge in [-0.25, -0.2) is 17.9 Å². The lowest BCUT2D eigenvalue weighted by atomic mass is 10.2. The van der Waals surface area contributed by atoms with Crippen LogP contribution in [0.3, 0.4) is 0 Å². The summed E-state index contributed by atoms with van der Waals surface area (Å²) in [5.41, 5.74) is 0.143. The molecule has 1 aromatic carbocycles. The van der Waals surface area contributed by atoms with Crippen molar-refractivity contribution < 1.29 is 27.5 Å². The van der Waals surface area contributed by atoms with Crippen LogP contribution in [0.1, 0.15) is 51.0 Å². The molecule has 2 heterocycles. The number of carbonyl (C=O) groups is 2. The van der Waals surface area contributed by atoms with Gasteiger partial charge >= 0.3 is 5.97 Å². The molecule has 0 unspecified atom stereocenters. The van der Waals surface area contributed by atoms with Crippen molar-refractivity contribution in [3.63, 3.8) is 0 Å². The number of hydrogen-bond donors (Lipinski definition) is 1. The van der Waals surface area contributed by atoms with Gasteiger partial charge in [0.25, 0.3) is 5.91 Å². The zero-order valence-electron chi connectivity index (χ0n) is 19.4. The van der Waals surface area contributed by atoms with Crippen LogP contribution in [0.15, 0.2) is 41.4 Å². The third-order valence-corrected chi connectivity index (χ3v) is 7.02. The molecule has 0 aliphatic carbocycles. The van der Waals surface area contributed by atoms with Gasteiger partial charge in [0.1, 0.15) is 5.82 Å². The maximum absolute atomic E-state index is 12.9. The Morgan fingerprint density at radius 1 is 1.09 bits per heavy atom. The Balaban J connectivity index is 1.64. The SMILES string of the molecule is CC(C)n1nccc1NC(=O)[C@H](C)OC(=O)c1ccc(S(=O)(=O)N2C[C@@H](C)O[C@@H](C)C2)cc1. The largest absolute Gasteiger partial charge is 0.449 e. The smallest absolute Gasteiger partial charge is 0.338 e. The fraction of sp³-hybridized carbons (Fsp3) is 0.500. The number of morpholine rings is 1. The number of anilines is 1. The summed E-state index contributed by atoms with van der Waals surface area (Å²) in [6.45, 7) is 9.49. The lowest BCUT2D eigenvalue weighted by Gasteiger charge is -2.34. The highest BCUT2D eigenvalue weighted by atomic mass is 32.2. The Bertz CT molecular complexity index is 1090. The molecule has 1 aliphatic rings. The van der Waals surface area contributed by atoms with Crippen molar-refractivity contribution in [2.45, 2.75) is 63.9 Å². The molecule has 1 fully saturated rings. The van der Waals surface area contributed by atoms with E-state index in [0.717, 1.165) is 0 Å². The lowest BCUT2D eigenvalue weighted by Crippen LogP contribution is -2.48. The van der Waals surface area contributed by atoms with Gasteiger partial charge in [0, 0.05) is 25.2 Å². The van der Waals surface area contributed by atoms with Crippen LogP contribution in [0, 0.1) is 0 Å². The molecule has 0 radical (unpaired) electrons. The average Bonchev–Trinajstić information content (AvgIpc) is 3.21. The number of esters is 1. The van der Waals surface area contributed by atoms with Gasteiger partial charge in [-0.3, -0.25) is 4.79 Å². The molecule has 3 atom stereocenters. The topological polar surface area (TPSA) is 120 Å². The van der Waals surface area contributed by atoms with E-state index in [9.17, 15) is 18.0 Å². The molecule has 10 nitrogen and oxygen atoms in total. The van der Waals surface area contributed by atoms with Crippen LogP contribution in [0.4, 0.5) is 5.82 Å². The second-order valence-corrected chi connectivity index (χ2v) is 10.3. The number of nitrogens with one attached hydrogen (secondary N) is 1. The predicted octanol–water partition coefficient (Wildman–Crippen LogP) is 2.45. The summed E-state index contributed by atoms with van der Waals surface area (Å²) < 4.78 is 39.8. The predicted molar refractivity (Wildman–Crippen MR) is 121 cm³/mol. The summed E-state index contributed by atoms with van der Waals surface area (Å²) in [5, 5.41) is 6.83. The van der Waals surface area contributed by atoms with Crippen molar-refractivity contribution in [3.8, 4) is 0 Å². The second-order valence-electron chi connectivity index (χ2n) is 8.40. The average molecular weight is 479 g/mol. The number of carbonyl (C=O) groups excluding carboxylic acids is 2. The summed E-state index contributed by atoms with van der Waals surface area (Å²) in [5.74, 6) is -0.729. The molecular weight excluding hydrogens is 448 g/mol. The molecule has 0 bridgehead atoms. The van der Waals surface area contributed by atoms with E-state index in [1.807, 2.05) is 27.7 Å². The van der Waals surface area contributed by atoms with Crippen LogP contribution >= 0.6 is 0 Å². The molecule has 1 aromatic heterocycles. The van der Waals surface area contributed by atoms with E-state index in [1.54, 1.807) is 16.9 Å². The van der Waals surface area contributed by atoms with Gasteiger partial charge in [-0.15, -0.1) is 0 Å². The highest BCUT2D eigenvalue weighted by Crippen LogP contribution is 2.22. The van der Waals surface area contributed by atoms with E-state index in [2.05, 4.69) is 10.4 Å². The van der Waals surface area contributed by atoms with Gasteiger partial charge in [0.05, 0.1) is 28.9 Å². The van der Waals surface area contributed by atoms with Crippen LogP contribution in [0.25, 0.3) is 0 Å². The van der Waals surface area contributed by atoms with E-state index in [4.69, 9.17) is 9.47 Å². The van der Waals surface area contributed by atoms with Gasteiger partial charge < -0.3 is 14.8 Å². The fourth-order valence-electron chi connectivity index (χ4n) is 3.57. The normalized spacial score (nSPS) is 20.4. The van der Waals surface area contributed by atoms with Crippen LogP contribution in [0.2, 0.25) is 0 Å². The lowest BCUT2D eigenvalue weighted by molar-refractivity contribution is -0.123. The molecule has 11 heteroatoms. The Morgan fingerprint density at radius 3 is 2.27 bits per heavy atom. The van der Waals surface area contributed by atoms with Crippen LogP contribution in [0.5, 0.6) is 0 Å². The van der Waals surface area contributed by atoms with Crippen molar-refractivity contribution in [3.05, 3.63) is 42.1 Å². The minimum atomic E-state index is -3.72. The number of sulfonamides is 1. The van der Waals surface area contributed by atoms with Gasteiger partial charge in [0.15, 0.2) is 6.10 Å². The van der Waals surface area contributed by atoms with Crippen LogP contribution in [-0.4, -0.2) is 65.8 Å². The zero-order valence-corrected chi connectivity index (χ0v) is 20.2. The van der Waals surface area contributed by atoms with Gasteiger partial charge in [0.2, 0.25) is 10.0 Å². The highest BCUT2D eigenvalue weighted by Gasteiger charge is 2.32. The molecule has 1 saturated heterocycles. The van der Waals surface area contributed by atoms with Gasteiger partial charge in [-0.1, -0.05) is 0 Å².